The quantitative estimate of drug-likeness (QED) is 0.824. The van der Waals surface area contributed by atoms with E-state index in [0.29, 0.717) is 6.42 Å². The number of halogens is 2. The highest BCUT2D eigenvalue weighted by molar-refractivity contribution is 9.10. The van der Waals surface area contributed by atoms with Crippen LogP contribution in [0.4, 0.5) is 4.39 Å². The topological polar surface area (TPSA) is 29.1 Å². The lowest BCUT2D eigenvalue weighted by Gasteiger charge is -2.12. The van der Waals surface area contributed by atoms with Gasteiger partial charge in [0, 0.05) is 10.9 Å². The molecule has 1 aliphatic heterocycles. The summed E-state index contributed by atoms with van der Waals surface area (Å²) in [6, 6.07) is 4.47. The lowest BCUT2D eigenvalue weighted by molar-refractivity contribution is -0.119. The second-order valence-corrected chi connectivity index (χ2v) is 4.18. The average Bonchev–Trinajstić information content (AvgIpc) is 2.56. The first-order chi connectivity index (χ1) is 6.66. The third-order valence-corrected chi connectivity index (χ3v) is 3.05. The van der Waals surface area contributed by atoms with Crippen molar-refractivity contribution in [3.05, 3.63) is 34.1 Å². The van der Waals surface area contributed by atoms with Crippen LogP contribution in [0.1, 0.15) is 24.4 Å². The zero-order chi connectivity index (χ0) is 10.1. The van der Waals surface area contributed by atoms with E-state index in [4.69, 9.17) is 0 Å². The number of nitrogens with one attached hydrogen (secondary N) is 1. The first-order valence-corrected chi connectivity index (χ1v) is 5.20. The van der Waals surface area contributed by atoms with E-state index in [9.17, 15) is 9.18 Å². The molecule has 0 aromatic heterocycles. The molecule has 1 aromatic carbocycles. The van der Waals surface area contributed by atoms with E-state index in [1.807, 2.05) is 0 Å². The summed E-state index contributed by atoms with van der Waals surface area (Å²) in [5.41, 5.74) is 0.816. The third kappa shape index (κ3) is 1.80. The van der Waals surface area contributed by atoms with Crippen LogP contribution in [0.5, 0.6) is 0 Å². The highest BCUT2D eigenvalue weighted by Crippen LogP contribution is 2.30. The molecule has 0 radical (unpaired) electrons. The summed E-state index contributed by atoms with van der Waals surface area (Å²) in [7, 11) is 0. The average molecular weight is 258 g/mol. The molecule has 2 nitrogen and oxygen atoms in total. The van der Waals surface area contributed by atoms with Gasteiger partial charge in [-0.3, -0.25) is 4.79 Å². The molecular weight excluding hydrogens is 249 g/mol. The Kier molecular flexibility index (Phi) is 2.54. The van der Waals surface area contributed by atoms with Gasteiger partial charge in [0.2, 0.25) is 5.91 Å². The van der Waals surface area contributed by atoms with Crippen molar-refractivity contribution in [3.8, 4) is 0 Å². The van der Waals surface area contributed by atoms with E-state index in [1.165, 1.54) is 12.1 Å². The molecule has 1 atom stereocenters. The molecule has 0 bridgehead atoms. The van der Waals surface area contributed by atoms with Crippen molar-refractivity contribution < 1.29 is 9.18 Å². The molecule has 0 spiro atoms. The van der Waals surface area contributed by atoms with Gasteiger partial charge >= 0.3 is 0 Å². The second-order valence-electron chi connectivity index (χ2n) is 3.32. The normalized spacial score (nSPS) is 21.0. The lowest BCUT2D eigenvalue weighted by atomic mass is 10.1. The maximum Gasteiger partial charge on any atom is 0.220 e. The van der Waals surface area contributed by atoms with E-state index >= 15 is 0 Å². The summed E-state index contributed by atoms with van der Waals surface area (Å²) < 4.78 is 13.8. The van der Waals surface area contributed by atoms with Gasteiger partial charge in [-0.15, -0.1) is 0 Å². The zero-order valence-electron chi connectivity index (χ0n) is 7.39. The van der Waals surface area contributed by atoms with Crippen molar-refractivity contribution in [2.45, 2.75) is 18.9 Å². The van der Waals surface area contributed by atoms with Crippen LogP contribution in [-0.4, -0.2) is 5.91 Å². The molecule has 0 saturated carbocycles. The fourth-order valence-electron chi connectivity index (χ4n) is 1.63. The predicted octanol–water partition coefficient (Wildman–Crippen LogP) is 2.54. The zero-order valence-corrected chi connectivity index (χ0v) is 8.97. The number of carbonyl (C=O) groups excluding carboxylic acids is 1. The molecule has 14 heavy (non-hydrogen) atoms. The van der Waals surface area contributed by atoms with Crippen LogP contribution >= 0.6 is 15.9 Å². The van der Waals surface area contributed by atoms with Crippen molar-refractivity contribution in [3.63, 3.8) is 0 Å². The SMILES string of the molecule is O=C1CC[C@@H](c2cc(F)ccc2Br)N1. The Morgan fingerprint density at radius 2 is 2.29 bits per heavy atom. The van der Waals surface area contributed by atoms with E-state index in [1.54, 1.807) is 6.07 Å². The van der Waals surface area contributed by atoms with Gasteiger partial charge in [0.1, 0.15) is 5.82 Å². The Hall–Kier alpha value is -0.900. The van der Waals surface area contributed by atoms with E-state index in [-0.39, 0.29) is 17.8 Å². The maximum absolute atomic E-state index is 13.0. The molecule has 1 N–H and O–H groups in total. The minimum atomic E-state index is -0.274. The molecule has 1 aliphatic rings. The van der Waals surface area contributed by atoms with Gasteiger partial charge in [0.05, 0.1) is 6.04 Å². The minimum absolute atomic E-state index is 0.0335. The lowest BCUT2D eigenvalue weighted by Crippen LogP contribution is -2.18. The van der Waals surface area contributed by atoms with Crippen molar-refractivity contribution in [2.75, 3.05) is 0 Å². The third-order valence-electron chi connectivity index (χ3n) is 2.33. The number of benzene rings is 1. The summed E-state index contributed by atoms with van der Waals surface area (Å²) in [6.45, 7) is 0. The van der Waals surface area contributed by atoms with Gasteiger partial charge in [-0.1, -0.05) is 15.9 Å². The van der Waals surface area contributed by atoms with Gasteiger partial charge in [-0.25, -0.2) is 4.39 Å². The Labute approximate surface area is 89.6 Å². The van der Waals surface area contributed by atoms with E-state index < -0.39 is 0 Å². The molecule has 0 unspecified atom stereocenters. The molecule has 74 valence electrons. The molecule has 2 rings (SSSR count). The molecule has 1 aromatic rings. The van der Waals surface area contributed by atoms with Gasteiger partial charge in [-0.05, 0) is 30.2 Å². The summed E-state index contributed by atoms with van der Waals surface area (Å²) in [6.07, 6.45) is 1.26. The van der Waals surface area contributed by atoms with Crippen LogP contribution in [0.3, 0.4) is 0 Å². The summed E-state index contributed by atoms with van der Waals surface area (Å²) in [4.78, 5) is 11.0. The number of hydrogen-bond acceptors (Lipinski definition) is 1. The van der Waals surface area contributed by atoms with Crippen LogP contribution in [0.15, 0.2) is 22.7 Å². The Morgan fingerprint density at radius 1 is 1.50 bits per heavy atom. The Morgan fingerprint density at radius 3 is 2.93 bits per heavy atom. The van der Waals surface area contributed by atoms with Crippen molar-refractivity contribution in [1.29, 1.82) is 0 Å². The largest absolute Gasteiger partial charge is 0.349 e. The van der Waals surface area contributed by atoms with E-state index in [2.05, 4.69) is 21.2 Å². The van der Waals surface area contributed by atoms with Crippen molar-refractivity contribution in [1.82, 2.24) is 5.32 Å². The highest BCUT2D eigenvalue weighted by atomic mass is 79.9. The fourth-order valence-corrected chi connectivity index (χ4v) is 2.15. The minimum Gasteiger partial charge on any atom is -0.349 e. The van der Waals surface area contributed by atoms with Crippen molar-refractivity contribution in [2.24, 2.45) is 0 Å². The van der Waals surface area contributed by atoms with Crippen LogP contribution in [-0.2, 0) is 4.79 Å². The molecule has 1 heterocycles. The Balaban J connectivity index is 2.31. The summed E-state index contributed by atoms with van der Waals surface area (Å²) >= 11 is 3.34. The molecule has 1 saturated heterocycles. The van der Waals surface area contributed by atoms with Gasteiger partial charge < -0.3 is 5.32 Å². The smallest absolute Gasteiger partial charge is 0.220 e. The monoisotopic (exact) mass is 257 g/mol. The van der Waals surface area contributed by atoms with E-state index in [0.717, 1.165) is 16.5 Å². The molecular formula is C10H9BrFNO. The first-order valence-electron chi connectivity index (χ1n) is 4.41. The van der Waals surface area contributed by atoms with Crippen LogP contribution in [0.2, 0.25) is 0 Å². The maximum atomic E-state index is 13.0. The van der Waals surface area contributed by atoms with Gasteiger partial charge in [-0.2, -0.15) is 0 Å². The number of amides is 1. The predicted molar refractivity (Wildman–Crippen MR) is 54.2 cm³/mol. The molecule has 1 amide bonds. The molecule has 1 fully saturated rings. The van der Waals surface area contributed by atoms with Gasteiger partial charge in [0.15, 0.2) is 0 Å². The summed E-state index contributed by atoms with van der Waals surface area (Å²) in [5.74, 6) is -0.240. The fraction of sp³-hybridized carbons (Fsp3) is 0.300. The molecule has 4 heteroatoms. The number of rotatable bonds is 1. The summed E-state index contributed by atoms with van der Waals surface area (Å²) in [5, 5.41) is 2.80. The number of carbonyl (C=O) groups is 1. The number of hydrogen-bond donors (Lipinski definition) is 1. The van der Waals surface area contributed by atoms with Crippen LogP contribution < -0.4 is 5.32 Å². The second kappa shape index (κ2) is 3.69. The van der Waals surface area contributed by atoms with Crippen LogP contribution in [0.25, 0.3) is 0 Å². The highest BCUT2D eigenvalue weighted by Gasteiger charge is 2.24. The van der Waals surface area contributed by atoms with Crippen molar-refractivity contribution >= 4 is 21.8 Å². The standard InChI is InChI=1S/C10H9BrFNO/c11-8-2-1-6(12)5-7(8)9-3-4-10(14)13-9/h1-2,5,9H,3-4H2,(H,13,14)/t9-/m0/s1. The first kappa shape index (κ1) is 9.65. The van der Waals surface area contributed by atoms with Gasteiger partial charge in [0.25, 0.3) is 0 Å². The van der Waals surface area contributed by atoms with Crippen LogP contribution in [0, 0.1) is 5.82 Å². The Bertz CT molecular complexity index is 380. The molecule has 0 aliphatic carbocycles.